The second-order valence-electron chi connectivity index (χ2n) is 3.56. The van der Waals surface area contributed by atoms with Crippen molar-refractivity contribution < 1.29 is 4.39 Å². The van der Waals surface area contributed by atoms with Gasteiger partial charge >= 0.3 is 0 Å². The minimum absolute atomic E-state index is 0.294. The highest BCUT2D eigenvalue weighted by Crippen LogP contribution is 2.26. The van der Waals surface area contributed by atoms with E-state index in [0.29, 0.717) is 17.2 Å². The van der Waals surface area contributed by atoms with Crippen molar-refractivity contribution in [3.8, 4) is 11.4 Å². The molecule has 17 heavy (non-hydrogen) atoms. The van der Waals surface area contributed by atoms with Crippen LogP contribution in [0.2, 0.25) is 0 Å². The molecule has 1 aromatic heterocycles. The van der Waals surface area contributed by atoms with Gasteiger partial charge in [0.15, 0.2) is 5.82 Å². The predicted molar refractivity (Wildman–Crippen MR) is 69.4 cm³/mol. The molecule has 2 rings (SSSR count). The maximum Gasteiger partial charge on any atom is 0.161 e. The summed E-state index contributed by atoms with van der Waals surface area (Å²) >= 11 is 3.40. The van der Waals surface area contributed by atoms with Crippen molar-refractivity contribution in [3.63, 3.8) is 0 Å². The van der Waals surface area contributed by atoms with Crippen molar-refractivity contribution in [2.45, 2.75) is 6.92 Å². The maximum absolute atomic E-state index is 13.1. The number of aromatic nitrogens is 2. The fourth-order valence-corrected chi connectivity index (χ4v) is 1.86. The number of anilines is 1. The highest BCUT2D eigenvalue weighted by Gasteiger charge is 2.09. The summed E-state index contributed by atoms with van der Waals surface area (Å²) in [6.07, 6.45) is 0. The van der Waals surface area contributed by atoms with Crippen molar-refractivity contribution in [2.75, 3.05) is 12.4 Å². The third-order valence-corrected chi connectivity index (χ3v) is 3.29. The Morgan fingerprint density at radius 1 is 1.29 bits per heavy atom. The van der Waals surface area contributed by atoms with E-state index in [1.165, 1.54) is 12.1 Å². The first-order valence-electron chi connectivity index (χ1n) is 5.09. The Labute approximate surface area is 107 Å². The molecular formula is C12H11BrFN3. The van der Waals surface area contributed by atoms with Gasteiger partial charge in [0, 0.05) is 12.6 Å². The molecule has 0 aliphatic rings. The summed E-state index contributed by atoms with van der Waals surface area (Å²) in [5, 5.41) is 2.97. The van der Waals surface area contributed by atoms with Gasteiger partial charge in [0.2, 0.25) is 0 Å². The zero-order chi connectivity index (χ0) is 12.4. The van der Waals surface area contributed by atoms with Gasteiger partial charge in [0.25, 0.3) is 0 Å². The Kier molecular flexibility index (Phi) is 3.38. The average Bonchev–Trinajstić information content (AvgIpc) is 2.32. The summed E-state index contributed by atoms with van der Waals surface area (Å²) in [5.41, 5.74) is 1.47. The van der Waals surface area contributed by atoms with E-state index < -0.39 is 0 Å². The van der Waals surface area contributed by atoms with Crippen LogP contribution >= 0.6 is 15.9 Å². The lowest BCUT2D eigenvalue weighted by Crippen LogP contribution is -2.00. The normalized spacial score (nSPS) is 10.4. The van der Waals surface area contributed by atoms with E-state index in [-0.39, 0.29) is 5.82 Å². The molecule has 0 bridgehead atoms. The molecule has 0 spiro atoms. The summed E-state index contributed by atoms with van der Waals surface area (Å²) in [6, 6.07) is 6.24. The summed E-state index contributed by atoms with van der Waals surface area (Å²) in [7, 11) is 1.78. The molecule has 0 aliphatic carbocycles. The smallest absolute Gasteiger partial charge is 0.161 e. The number of aryl methyl sites for hydroxylation is 1. The fraction of sp³-hybridized carbons (Fsp3) is 0.167. The zero-order valence-electron chi connectivity index (χ0n) is 9.46. The minimum atomic E-state index is -0.294. The van der Waals surface area contributed by atoms with E-state index in [9.17, 15) is 4.39 Å². The first-order valence-corrected chi connectivity index (χ1v) is 5.89. The number of nitrogens with zero attached hydrogens (tertiary/aromatic N) is 2. The third-order valence-electron chi connectivity index (χ3n) is 2.34. The molecule has 0 unspecified atom stereocenters. The van der Waals surface area contributed by atoms with Crippen molar-refractivity contribution in [3.05, 3.63) is 40.2 Å². The second kappa shape index (κ2) is 4.79. The van der Waals surface area contributed by atoms with Crippen molar-refractivity contribution in [1.82, 2.24) is 9.97 Å². The molecule has 1 aromatic carbocycles. The molecule has 0 fully saturated rings. The lowest BCUT2D eigenvalue weighted by atomic mass is 10.2. The number of rotatable bonds is 2. The van der Waals surface area contributed by atoms with Crippen LogP contribution in [0, 0.1) is 12.7 Å². The number of nitrogens with one attached hydrogen (secondary N) is 1. The monoisotopic (exact) mass is 295 g/mol. The first-order chi connectivity index (χ1) is 8.11. The van der Waals surface area contributed by atoms with Crippen LogP contribution in [0.4, 0.5) is 10.2 Å². The summed E-state index contributed by atoms with van der Waals surface area (Å²) in [6.45, 7) is 1.87. The van der Waals surface area contributed by atoms with Gasteiger partial charge in [-0.2, -0.15) is 0 Å². The molecule has 0 atom stereocenters. The fourth-order valence-electron chi connectivity index (χ4n) is 1.48. The van der Waals surface area contributed by atoms with E-state index in [1.807, 2.05) is 6.92 Å². The van der Waals surface area contributed by atoms with Crippen molar-refractivity contribution in [1.29, 1.82) is 0 Å². The number of hydrogen-bond acceptors (Lipinski definition) is 3. The first kappa shape index (κ1) is 12.0. The zero-order valence-corrected chi connectivity index (χ0v) is 11.0. The molecule has 1 heterocycles. The molecule has 0 radical (unpaired) electrons. The van der Waals surface area contributed by atoms with Gasteiger partial charge in [-0.05, 0) is 35.0 Å². The van der Waals surface area contributed by atoms with Crippen LogP contribution in [-0.2, 0) is 0 Å². The number of halogens is 2. The van der Waals surface area contributed by atoms with E-state index in [2.05, 4.69) is 31.2 Å². The van der Waals surface area contributed by atoms with Gasteiger partial charge in [0.05, 0.1) is 10.2 Å². The molecule has 3 nitrogen and oxygen atoms in total. The van der Waals surface area contributed by atoms with Crippen LogP contribution in [0.15, 0.2) is 28.7 Å². The Morgan fingerprint density at radius 3 is 2.71 bits per heavy atom. The topological polar surface area (TPSA) is 37.8 Å². The Morgan fingerprint density at radius 2 is 2.06 bits per heavy atom. The van der Waals surface area contributed by atoms with Crippen molar-refractivity contribution >= 4 is 21.7 Å². The Hall–Kier alpha value is -1.49. The van der Waals surface area contributed by atoms with Crippen LogP contribution in [0.25, 0.3) is 11.4 Å². The maximum atomic E-state index is 13.1. The molecule has 0 aliphatic heterocycles. The van der Waals surface area contributed by atoms with E-state index in [0.717, 1.165) is 10.2 Å². The van der Waals surface area contributed by atoms with Gasteiger partial charge in [-0.25, -0.2) is 14.4 Å². The van der Waals surface area contributed by atoms with Gasteiger partial charge in [-0.15, -0.1) is 0 Å². The Balaban J connectivity index is 2.56. The van der Waals surface area contributed by atoms with E-state index in [4.69, 9.17) is 0 Å². The molecule has 0 saturated carbocycles. The van der Waals surface area contributed by atoms with Crippen molar-refractivity contribution in [2.24, 2.45) is 0 Å². The molecule has 5 heteroatoms. The lowest BCUT2D eigenvalue weighted by molar-refractivity contribution is 0.628. The number of benzene rings is 1. The lowest BCUT2D eigenvalue weighted by Gasteiger charge is -2.08. The minimum Gasteiger partial charge on any atom is -0.372 e. The van der Waals surface area contributed by atoms with Gasteiger partial charge in [-0.1, -0.05) is 12.1 Å². The predicted octanol–water partition coefficient (Wildman–Crippen LogP) is 3.40. The second-order valence-corrected chi connectivity index (χ2v) is 4.35. The van der Waals surface area contributed by atoms with Gasteiger partial charge in [-0.3, -0.25) is 0 Å². The number of hydrogen-bond donors (Lipinski definition) is 1. The van der Waals surface area contributed by atoms with Crippen LogP contribution in [-0.4, -0.2) is 17.0 Å². The van der Waals surface area contributed by atoms with Crippen LogP contribution in [0.1, 0.15) is 5.69 Å². The van der Waals surface area contributed by atoms with E-state index >= 15 is 0 Å². The molecule has 2 aromatic rings. The standard InChI is InChI=1S/C12H11BrFN3/c1-7-10(13)12(15-2)17-11(16-7)8-4-3-5-9(14)6-8/h3-6H,1-2H3,(H,15,16,17). The van der Waals surface area contributed by atoms with Gasteiger partial charge in [0.1, 0.15) is 11.6 Å². The average molecular weight is 296 g/mol. The molecule has 1 N–H and O–H groups in total. The molecule has 88 valence electrons. The summed E-state index contributed by atoms with van der Waals surface area (Å²) in [4.78, 5) is 8.66. The molecule has 0 amide bonds. The highest BCUT2D eigenvalue weighted by atomic mass is 79.9. The van der Waals surface area contributed by atoms with E-state index in [1.54, 1.807) is 19.2 Å². The Bertz CT molecular complexity index is 557. The molecular weight excluding hydrogens is 285 g/mol. The SMILES string of the molecule is CNc1nc(-c2cccc(F)c2)nc(C)c1Br. The third kappa shape index (κ3) is 2.44. The van der Waals surface area contributed by atoms with Gasteiger partial charge < -0.3 is 5.32 Å². The van der Waals surface area contributed by atoms with Crippen LogP contribution < -0.4 is 5.32 Å². The summed E-state index contributed by atoms with van der Waals surface area (Å²) in [5.74, 6) is 0.906. The molecule has 0 saturated heterocycles. The van der Waals surface area contributed by atoms with Crippen LogP contribution in [0.5, 0.6) is 0 Å². The quantitative estimate of drug-likeness (QED) is 0.923. The van der Waals surface area contributed by atoms with Crippen LogP contribution in [0.3, 0.4) is 0 Å². The largest absolute Gasteiger partial charge is 0.372 e. The highest BCUT2D eigenvalue weighted by molar-refractivity contribution is 9.10. The summed E-state index contributed by atoms with van der Waals surface area (Å²) < 4.78 is 14.0.